The van der Waals surface area contributed by atoms with Gasteiger partial charge in [-0.05, 0) is 56.3 Å². The second-order valence-corrected chi connectivity index (χ2v) is 7.09. The first-order chi connectivity index (χ1) is 13.8. The molecule has 0 aliphatic rings. The summed E-state index contributed by atoms with van der Waals surface area (Å²) in [6.07, 6.45) is 0.595. The number of benzene rings is 2. The maximum atomic E-state index is 12.9. The molecule has 2 aromatic carbocycles. The fourth-order valence-electron chi connectivity index (χ4n) is 2.66. The lowest BCUT2D eigenvalue weighted by molar-refractivity contribution is -0.126. The minimum absolute atomic E-state index is 0.0161. The summed E-state index contributed by atoms with van der Waals surface area (Å²) >= 11 is 5.97. The lowest BCUT2D eigenvalue weighted by Gasteiger charge is -2.23. The van der Waals surface area contributed by atoms with E-state index in [1.165, 1.54) is 19.2 Å². The number of nitrogens with zero attached hydrogens (tertiary/aromatic N) is 1. The largest absolute Gasteiger partial charge is 0.495 e. The van der Waals surface area contributed by atoms with Crippen molar-refractivity contribution in [3.8, 4) is 5.75 Å². The first-order valence-electron chi connectivity index (χ1n) is 9.16. The van der Waals surface area contributed by atoms with Crippen LogP contribution in [0.15, 0.2) is 42.5 Å². The summed E-state index contributed by atoms with van der Waals surface area (Å²) in [5.74, 6) is -0.277. The fraction of sp³-hybridized carbons (Fsp3) is 0.333. The highest BCUT2D eigenvalue weighted by Crippen LogP contribution is 2.27. The molecule has 29 heavy (non-hydrogen) atoms. The van der Waals surface area contributed by atoms with Gasteiger partial charge in [-0.3, -0.25) is 14.5 Å². The molecule has 0 aliphatic heterocycles. The lowest BCUT2D eigenvalue weighted by atomic mass is 10.1. The first-order valence-corrected chi connectivity index (χ1v) is 9.53. The predicted octanol–water partition coefficient (Wildman–Crippen LogP) is 3.11. The van der Waals surface area contributed by atoms with Crippen molar-refractivity contribution in [1.82, 2.24) is 10.2 Å². The average molecular weight is 422 g/mol. The predicted molar refractivity (Wildman–Crippen MR) is 112 cm³/mol. The van der Waals surface area contributed by atoms with Gasteiger partial charge < -0.3 is 15.4 Å². The molecule has 1 atom stereocenters. The molecule has 2 rings (SSSR count). The summed E-state index contributed by atoms with van der Waals surface area (Å²) in [5, 5.41) is 6.05. The van der Waals surface area contributed by atoms with Gasteiger partial charge in [0.2, 0.25) is 11.8 Å². The molecule has 2 N–H and O–H groups in total. The highest BCUT2D eigenvalue weighted by molar-refractivity contribution is 6.31. The van der Waals surface area contributed by atoms with E-state index in [9.17, 15) is 14.0 Å². The van der Waals surface area contributed by atoms with Crippen LogP contribution >= 0.6 is 11.6 Å². The Morgan fingerprint density at radius 2 is 1.90 bits per heavy atom. The summed E-state index contributed by atoms with van der Waals surface area (Å²) < 4.78 is 18.1. The molecular weight excluding hydrogens is 397 g/mol. The van der Waals surface area contributed by atoms with Crippen LogP contribution in [0.2, 0.25) is 5.02 Å². The molecule has 0 fully saturated rings. The van der Waals surface area contributed by atoms with Crippen LogP contribution in [0.5, 0.6) is 5.75 Å². The standard InChI is InChI=1S/C21H25ClFN3O3/c1-14(21(28)24-11-10-15-4-7-17(23)8-5-15)26(2)13-20(27)25-18-12-16(22)6-9-19(18)29-3/h4-9,12,14H,10-11,13H2,1-3H3,(H,24,28)(H,25,27)/t14-/m1/s1. The number of ether oxygens (including phenoxy) is 1. The van der Waals surface area contributed by atoms with Crippen LogP contribution in [-0.4, -0.2) is 50.0 Å². The second kappa shape index (κ2) is 10.8. The molecule has 0 heterocycles. The Hall–Kier alpha value is -2.64. The number of anilines is 1. The van der Waals surface area contributed by atoms with Gasteiger partial charge >= 0.3 is 0 Å². The molecule has 0 aliphatic carbocycles. The zero-order valence-corrected chi connectivity index (χ0v) is 17.4. The Kier molecular flexibility index (Phi) is 8.42. The van der Waals surface area contributed by atoms with Gasteiger partial charge in [0.15, 0.2) is 0 Å². The maximum Gasteiger partial charge on any atom is 0.238 e. The van der Waals surface area contributed by atoms with Crippen LogP contribution in [0.4, 0.5) is 10.1 Å². The van der Waals surface area contributed by atoms with E-state index in [4.69, 9.17) is 16.3 Å². The molecular formula is C21H25ClFN3O3. The molecule has 0 saturated heterocycles. The topological polar surface area (TPSA) is 70.7 Å². The Balaban J connectivity index is 1.81. The molecule has 8 heteroatoms. The van der Waals surface area contributed by atoms with Crippen LogP contribution in [0.3, 0.4) is 0 Å². The molecule has 156 valence electrons. The summed E-state index contributed by atoms with van der Waals surface area (Å²) in [6.45, 7) is 2.16. The summed E-state index contributed by atoms with van der Waals surface area (Å²) in [5.41, 5.74) is 1.40. The van der Waals surface area contributed by atoms with Gasteiger partial charge in [0.1, 0.15) is 11.6 Å². The zero-order valence-electron chi connectivity index (χ0n) is 16.7. The van der Waals surface area contributed by atoms with Crippen molar-refractivity contribution in [3.63, 3.8) is 0 Å². The van der Waals surface area contributed by atoms with E-state index >= 15 is 0 Å². The molecule has 0 radical (unpaired) electrons. The van der Waals surface area contributed by atoms with Gasteiger partial charge in [-0.15, -0.1) is 0 Å². The van der Waals surface area contributed by atoms with E-state index in [0.29, 0.717) is 29.4 Å². The number of likely N-dealkylation sites (N-methyl/N-ethyl adjacent to an activating group) is 1. The quantitative estimate of drug-likeness (QED) is 0.652. The van der Waals surface area contributed by atoms with Gasteiger partial charge in [0.05, 0.1) is 25.4 Å². The molecule has 0 saturated carbocycles. The van der Waals surface area contributed by atoms with Crippen LogP contribution in [0, 0.1) is 5.82 Å². The van der Waals surface area contributed by atoms with Crippen molar-refractivity contribution in [2.24, 2.45) is 0 Å². The third-order valence-corrected chi connectivity index (χ3v) is 4.73. The van der Waals surface area contributed by atoms with E-state index in [1.807, 2.05) is 0 Å². The van der Waals surface area contributed by atoms with Gasteiger partial charge in [-0.1, -0.05) is 23.7 Å². The van der Waals surface area contributed by atoms with Crippen molar-refractivity contribution in [3.05, 3.63) is 58.9 Å². The molecule has 6 nitrogen and oxygen atoms in total. The number of carbonyl (C=O) groups excluding carboxylic acids is 2. The monoisotopic (exact) mass is 421 g/mol. The van der Waals surface area contributed by atoms with Crippen LogP contribution in [0.1, 0.15) is 12.5 Å². The van der Waals surface area contributed by atoms with Crippen molar-refractivity contribution >= 4 is 29.1 Å². The third kappa shape index (κ3) is 7.03. The van der Waals surface area contributed by atoms with Crippen LogP contribution in [0.25, 0.3) is 0 Å². The highest BCUT2D eigenvalue weighted by Gasteiger charge is 2.20. The zero-order chi connectivity index (χ0) is 21.4. The van der Waals surface area contributed by atoms with E-state index in [1.54, 1.807) is 49.2 Å². The van der Waals surface area contributed by atoms with Gasteiger partial charge in [0.25, 0.3) is 0 Å². The van der Waals surface area contributed by atoms with Crippen molar-refractivity contribution in [2.75, 3.05) is 32.6 Å². The van der Waals surface area contributed by atoms with Crippen molar-refractivity contribution in [2.45, 2.75) is 19.4 Å². The number of hydrogen-bond donors (Lipinski definition) is 2. The minimum atomic E-state index is -0.504. The number of carbonyl (C=O) groups is 2. The van der Waals surface area contributed by atoms with Crippen LogP contribution in [-0.2, 0) is 16.0 Å². The fourth-order valence-corrected chi connectivity index (χ4v) is 2.83. The lowest BCUT2D eigenvalue weighted by Crippen LogP contribution is -2.46. The normalized spacial score (nSPS) is 11.8. The SMILES string of the molecule is COc1ccc(Cl)cc1NC(=O)CN(C)[C@H](C)C(=O)NCCc1ccc(F)cc1. The van der Waals surface area contributed by atoms with E-state index < -0.39 is 6.04 Å². The summed E-state index contributed by atoms with van der Waals surface area (Å²) in [4.78, 5) is 26.3. The number of hydrogen-bond acceptors (Lipinski definition) is 4. The smallest absolute Gasteiger partial charge is 0.238 e. The Morgan fingerprint density at radius 1 is 1.21 bits per heavy atom. The molecule has 2 aromatic rings. The molecule has 0 bridgehead atoms. The number of rotatable bonds is 9. The van der Waals surface area contributed by atoms with E-state index in [0.717, 1.165) is 5.56 Å². The summed E-state index contributed by atoms with van der Waals surface area (Å²) in [7, 11) is 3.20. The third-order valence-electron chi connectivity index (χ3n) is 4.50. The number of nitrogens with one attached hydrogen (secondary N) is 2. The molecule has 0 spiro atoms. The Labute approximate surface area is 175 Å². The molecule has 2 amide bonds. The maximum absolute atomic E-state index is 12.9. The Morgan fingerprint density at radius 3 is 2.55 bits per heavy atom. The minimum Gasteiger partial charge on any atom is -0.495 e. The van der Waals surface area contributed by atoms with Gasteiger partial charge in [-0.25, -0.2) is 4.39 Å². The highest BCUT2D eigenvalue weighted by atomic mass is 35.5. The number of halogens is 2. The molecule has 0 aromatic heterocycles. The van der Waals surface area contributed by atoms with Gasteiger partial charge in [0, 0.05) is 11.6 Å². The number of amides is 2. The Bertz CT molecular complexity index is 846. The van der Waals surface area contributed by atoms with Crippen LogP contribution < -0.4 is 15.4 Å². The van der Waals surface area contributed by atoms with Crippen molar-refractivity contribution < 1.29 is 18.7 Å². The van der Waals surface area contributed by atoms with E-state index in [-0.39, 0.29) is 24.2 Å². The number of methoxy groups -OCH3 is 1. The molecule has 0 unspecified atom stereocenters. The average Bonchev–Trinajstić information content (AvgIpc) is 2.68. The van der Waals surface area contributed by atoms with Gasteiger partial charge in [-0.2, -0.15) is 0 Å². The van der Waals surface area contributed by atoms with E-state index in [2.05, 4.69) is 10.6 Å². The first kappa shape index (κ1) is 22.6. The van der Waals surface area contributed by atoms with Crippen molar-refractivity contribution in [1.29, 1.82) is 0 Å². The second-order valence-electron chi connectivity index (χ2n) is 6.65. The summed E-state index contributed by atoms with van der Waals surface area (Å²) in [6, 6.07) is 10.6.